The van der Waals surface area contributed by atoms with Gasteiger partial charge in [0.15, 0.2) is 5.82 Å². The standard InChI is InChI=1S/C27H21BrN4O/c1-17-7-14-24(18(2)15-17)32-26(20-8-11-22(28)12-9-20)30-25(31-32)27(33)29-23-13-10-19-5-3-4-6-21(19)16-23/h3-16H,1-2H3,(H,29,33). The number of amides is 1. The SMILES string of the molecule is Cc1ccc(-n2nc(C(=O)Nc3ccc4ccccc4c3)nc2-c2ccc(Br)cc2)c(C)c1. The molecule has 5 rings (SSSR count). The molecule has 0 aliphatic rings. The third kappa shape index (κ3) is 4.30. The maximum atomic E-state index is 13.1. The predicted molar refractivity (Wildman–Crippen MR) is 136 cm³/mol. The van der Waals surface area contributed by atoms with E-state index in [4.69, 9.17) is 0 Å². The molecule has 0 saturated carbocycles. The normalized spacial score (nSPS) is 11.0. The maximum absolute atomic E-state index is 13.1. The minimum Gasteiger partial charge on any atom is -0.319 e. The summed E-state index contributed by atoms with van der Waals surface area (Å²) in [5, 5.41) is 9.72. The van der Waals surface area contributed by atoms with Gasteiger partial charge in [-0.05, 0) is 60.5 Å². The van der Waals surface area contributed by atoms with Gasteiger partial charge >= 0.3 is 0 Å². The van der Waals surface area contributed by atoms with Crippen LogP contribution in [0.15, 0.2) is 89.4 Å². The molecule has 5 aromatic rings. The van der Waals surface area contributed by atoms with Crippen molar-refractivity contribution in [1.29, 1.82) is 0 Å². The summed E-state index contributed by atoms with van der Waals surface area (Å²) in [4.78, 5) is 17.7. The van der Waals surface area contributed by atoms with Crippen LogP contribution in [0.4, 0.5) is 5.69 Å². The van der Waals surface area contributed by atoms with E-state index in [0.717, 1.165) is 37.6 Å². The monoisotopic (exact) mass is 496 g/mol. The van der Waals surface area contributed by atoms with Crippen LogP contribution in [0.5, 0.6) is 0 Å². The molecule has 0 fully saturated rings. The van der Waals surface area contributed by atoms with Gasteiger partial charge in [0, 0.05) is 15.7 Å². The van der Waals surface area contributed by atoms with Gasteiger partial charge in [-0.1, -0.05) is 76.1 Å². The lowest BCUT2D eigenvalue weighted by Crippen LogP contribution is -2.14. The Balaban J connectivity index is 1.55. The molecule has 1 aromatic heterocycles. The summed E-state index contributed by atoms with van der Waals surface area (Å²) in [5.41, 5.74) is 4.67. The Kier molecular flexibility index (Phi) is 5.52. The highest BCUT2D eigenvalue weighted by Crippen LogP contribution is 2.26. The van der Waals surface area contributed by atoms with Crippen molar-refractivity contribution in [2.75, 3.05) is 5.32 Å². The number of rotatable bonds is 4. The van der Waals surface area contributed by atoms with Crippen LogP contribution in [0.25, 0.3) is 27.8 Å². The molecule has 1 amide bonds. The zero-order chi connectivity index (χ0) is 22.9. The van der Waals surface area contributed by atoms with E-state index in [2.05, 4.69) is 44.3 Å². The highest BCUT2D eigenvalue weighted by atomic mass is 79.9. The van der Waals surface area contributed by atoms with Gasteiger partial charge in [0.25, 0.3) is 5.91 Å². The number of anilines is 1. The topological polar surface area (TPSA) is 59.8 Å². The fraction of sp³-hybridized carbons (Fsp3) is 0.0741. The van der Waals surface area contributed by atoms with Crippen molar-refractivity contribution in [2.24, 2.45) is 0 Å². The Morgan fingerprint density at radius 1 is 0.879 bits per heavy atom. The fourth-order valence-corrected chi connectivity index (χ4v) is 4.12. The summed E-state index contributed by atoms with van der Waals surface area (Å²) >= 11 is 3.48. The van der Waals surface area contributed by atoms with Gasteiger partial charge in [-0.15, -0.1) is 5.10 Å². The molecule has 0 atom stereocenters. The lowest BCUT2D eigenvalue weighted by Gasteiger charge is -2.10. The van der Waals surface area contributed by atoms with Gasteiger partial charge in [0.05, 0.1) is 5.69 Å². The fourth-order valence-electron chi connectivity index (χ4n) is 3.86. The number of nitrogens with zero attached hydrogens (tertiary/aromatic N) is 3. The number of hydrogen-bond donors (Lipinski definition) is 1. The number of benzene rings is 4. The molecule has 5 nitrogen and oxygen atoms in total. The number of nitrogens with one attached hydrogen (secondary N) is 1. The van der Waals surface area contributed by atoms with Crippen LogP contribution in [0.1, 0.15) is 21.7 Å². The summed E-state index contributed by atoms with van der Waals surface area (Å²) in [6.07, 6.45) is 0. The van der Waals surface area contributed by atoms with Crippen molar-refractivity contribution < 1.29 is 4.79 Å². The van der Waals surface area contributed by atoms with Crippen molar-refractivity contribution in [3.8, 4) is 17.1 Å². The van der Waals surface area contributed by atoms with Gasteiger partial charge in [-0.2, -0.15) is 0 Å². The molecule has 0 bridgehead atoms. The first-order valence-electron chi connectivity index (χ1n) is 10.6. The summed E-state index contributed by atoms with van der Waals surface area (Å²) in [6.45, 7) is 4.08. The Bertz CT molecular complexity index is 1490. The summed E-state index contributed by atoms with van der Waals surface area (Å²) < 4.78 is 2.71. The number of aromatic nitrogens is 3. The third-order valence-electron chi connectivity index (χ3n) is 5.50. The zero-order valence-corrected chi connectivity index (χ0v) is 19.8. The number of aryl methyl sites for hydroxylation is 2. The number of carbonyl (C=O) groups is 1. The molecule has 6 heteroatoms. The maximum Gasteiger partial charge on any atom is 0.295 e. The molecule has 4 aromatic carbocycles. The molecule has 0 radical (unpaired) electrons. The second kappa shape index (κ2) is 8.64. The molecule has 0 unspecified atom stereocenters. The first kappa shape index (κ1) is 21.1. The van der Waals surface area contributed by atoms with Gasteiger partial charge < -0.3 is 5.32 Å². The van der Waals surface area contributed by atoms with Crippen molar-refractivity contribution in [3.05, 3.63) is 106 Å². The van der Waals surface area contributed by atoms with E-state index in [0.29, 0.717) is 11.5 Å². The second-order valence-corrected chi connectivity index (χ2v) is 8.90. The Morgan fingerprint density at radius 3 is 2.39 bits per heavy atom. The Morgan fingerprint density at radius 2 is 1.64 bits per heavy atom. The Hall–Kier alpha value is -3.77. The minimum atomic E-state index is -0.354. The summed E-state index contributed by atoms with van der Waals surface area (Å²) in [7, 11) is 0. The lowest BCUT2D eigenvalue weighted by molar-refractivity contribution is 0.101. The van der Waals surface area contributed by atoms with E-state index >= 15 is 0 Å². The highest BCUT2D eigenvalue weighted by molar-refractivity contribution is 9.10. The first-order valence-corrected chi connectivity index (χ1v) is 11.4. The molecule has 33 heavy (non-hydrogen) atoms. The van der Waals surface area contributed by atoms with Crippen LogP contribution in [0, 0.1) is 13.8 Å². The van der Waals surface area contributed by atoms with E-state index in [-0.39, 0.29) is 11.7 Å². The molecule has 162 valence electrons. The lowest BCUT2D eigenvalue weighted by atomic mass is 10.1. The zero-order valence-electron chi connectivity index (χ0n) is 18.2. The summed E-state index contributed by atoms with van der Waals surface area (Å²) in [6, 6.07) is 27.8. The molecule has 0 spiro atoms. The number of halogens is 1. The molecular weight excluding hydrogens is 476 g/mol. The van der Waals surface area contributed by atoms with Crippen molar-refractivity contribution >= 4 is 38.3 Å². The molecule has 1 heterocycles. The average Bonchev–Trinajstić information content (AvgIpc) is 3.25. The van der Waals surface area contributed by atoms with Crippen LogP contribution < -0.4 is 5.32 Å². The van der Waals surface area contributed by atoms with Gasteiger partial charge in [-0.25, -0.2) is 9.67 Å². The summed E-state index contributed by atoms with van der Waals surface area (Å²) in [5.74, 6) is 0.367. The van der Waals surface area contributed by atoms with Crippen molar-refractivity contribution in [2.45, 2.75) is 13.8 Å². The van der Waals surface area contributed by atoms with Gasteiger partial charge in [0.2, 0.25) is 5.82 Å². The van der Waals surface area contributed by atoms with Crippen LogP contribution in [-0.4, -0.2) is 20.7 Å². The van der Waals surface area contributed by atoms with E-state index in [1.807, 2.05) is 85.8 Å². The number of carbonyl (C=O) groups excluding carboxylic acids is 1. The van der Waals surface area contributed by atoms with Gasteiger partial charge in [0.1, 0.15) is 0 Å². The first-order chi connectivity index (χ1) is 16.0. The van der Waals surface area contributed by atoms with E-state index < -0.39 is 0 Å². The molecule has 1 N–H and O–H groups in total. The highest BCUT2D eigenvalue weighted by Gasteiger charge is 2.20. The quantitative estimate of drug-likeness (QED) is 0.300. The molecule has 0 aliphatic heterocycles. The van der Waals surface area contributed by atoms with Crippen LogP contribution in [0.3, 0.4) is 0 Å². The van der Waals surface area contributed by atoms with Crippen molar-refractivity contribution in [1.82, 2.24) is 14.8 Å². The van der Waals surface area contributed by atoms with Crippen LogP contribution >= 0.6 is 15.9 Å². The second-order valence-electron chi connectivity index (χ2n) is 7.98. The molecule has 0 saturated heterocycles. The molecular formula is C27H21BrN4O. The number of hydrogen-bond acceptors (Lipinski definition) is 3. The van der Waals surface area contributed by atoms with E-state index in [1.165, 1.54) is 0 Å². The minimum absolute atomic E-state index is 0.112. The van der Waals surface area contributed by atoms with Gasteiger partial charge in [-0.3, -0.25) is 4.79 Å². The third-order valence-corrected chi connectivity index (χ3v) is 6.03. The Labute approximate surface area is 200 Å². The molecule has 0 aliphatic carbocycles. The average molecular weight is 497 g/mol. The predicted octanol–water partition coefficient (Wildman–Crippen LogP) is 6.72. The smallest absolute Gasteiger partial charge is 0.295 e. The van der Waals surface area contributed by atoms with E-state index in [9.17, 15) is 4.79 Å². The number of fused-ring (bicyclic) bond motifs is 1. The van der Waals surface area contributed by atoms with Crippen LogP contribution in [0.2, 0.25) is 0 Å². The largest absolute Gasteiger partial charge is 0.319 e. The van der Waals surface area contributed by atoms with Crippen LogP contribution in [-0.2, 0) is 0 Å². The van der Waals surface area contributed by atoms with E-state index in [1.54, 1.807) is 4.68 Å². The van der Waals surface area contributed by atoms with Crippen molar-refractivity contribution in [3.63, 3.8) is 0 Å².